The Labute approximate surface area is 160 Å². The Balaban J connectivity index is 2.29. The Morgan fingerprint density at radius 2 is 1.95 bits per heavy atom. The first kappa shape index (κ1) is 17.6. The lowest BCUT2D eigenvalue weighted by molar-refractivity contribution is 0.315. The van der Waals surface area contributed by atoms with Crippen LogP contribution in [0.4, 0.5) is 0 Å². The fraction of sp³-hybridized carbons (Fsp3) is 0.250. The smallest absolute Gasteiger partial charge is 0.133 e. The van der Waals surface area contributed by atoms with Crippen LogP contribution in [0.1, 0.15) is 29.8 Å². The standard InChI is InChI=1S/C16H14Br2ClIO/c1-2-7-21-15-6-3-10(8-13(15)18)16(19)12-9-11(17)4-5-14(12)20/h3-6,8-9,16H,2,7H2,1H3. The van der Waals surface area contributed by atoms with Crippen LogP contribution in [0, 0.1) is 3.57 Å². The van der Waals surface area contributed by atoms with Crippen molar-refractivity contribution in [3.63, 3.8) is 0 Å². The minimum Gasteiger partial charge on any atom is -0.492 e. The van der Waals surface area contributed by atoms with E-state index in [1.807, 2.05) is 24.3 Å². The van der Waals surface area contributed by atoms with Crippen LogP contribution in [0.2, 0.25) is 0 Å². The van der Waals surface area contributed by atoms with Crippen molar-refractivity contribution < 1.29 is 4.74 Å². The van der Waals surface area contributed by atoms with Crippen LogP contribution < -0.4 is 4.74 Å². The normalized spacial score (nSPS) is 12.2. The molecule has 1 unspecified atom stereocenters. The summed E-state index contributed by atoms with van der Waals surface area (Å²) in [5, 5.41) is -0.189. The summed E-state index contributed by atoms with van der Waals surface area (Å²) in [5.41, 5.74) is 2.14. The topological polar surface area (TPSA) is 9.23 Å². The second kappa shape index (κ2) is 8.18. The van der Waals surface area contributed by atoms with Gasteiger partial charge in [-0.05, 0) is 86.4 Å². The fourth-order valence-electron chi connectivity index (χ4n) is 1.89. The molecule has 0 N–H and O–H groups in total. The molecule has 0 aromatic heterocycles. The van der Waals surface area contributed by atoms with Crippen LogP contribution in [0.25, 0.3) is 0 Å². The van der Waals surface area contributed by atoms with Gasteiger partial charge in [-0.1, -0.05) is 28.9 Å². The average Bonchev–Trinajstić information content (AvgIpc) is 2.47. The molecule has 0 heterocycles. The van der Waals surface area contributed by atoms with Gasteiger partial charge in [-0.25, -0.2) is 0 Å². The van der Waals surface area contributed by atoms with E-state index >= 15 is 0 Å². The molecule has 2 aromatic rings. The lowest BCUT2D eigenvalue weighted by atomic mass is 10.0. The molecule has 0 bridgehead atoms. The van der Waals surface area contributed by atoms with E-state index in [0.717, 1.165) is 35.8 Å². The van der Waals surface area contributed by atoms with E-state index in [0.29, 0.717) is 6.61 Å². The van der Waals surface area contributed by atoms with Gasteiger partial charge in [0.25, 0.3) is 0 Å². The highest BCUT2D eigenvalue weighted by Gasteiger charge is 2.16. The molecule has 0 fully saturated rings. The third-order valence-electron chi connectivity index (χ3n) is 2.94. The first-order valence-corrected chi connectivity index (χ1v) is 9.64. The zero-order chi connectivity index (χ0) is 15.4. The summed E-state index contributed by atoms with van der Waals surface area (Å²) in [6.07, 6.45) is 0.989. The lowest BCUT2D eigenvalue weighted by Crippen LogP contribution is -1.99. The monoisotopic (exact) mass is 542 g/mol. The van der Waals surface area contributed by atoms with Gasteiger partial charge in [0.15, 0.2) is 0 Å². The van der Waals surface area contributed by atoms with E-state index in [1.54, 1.807) is 0 Å². The Hall–Kier alpha value is 0.220. The molecule has 0 saturated carbocycles. The average molecular weight is 544 g/mol. The van der Waals surface area contributed by atoms with Crippen LogP contribution in [0.3, 0.4) is 0 Å². The Morgan fingerprint density at radius 1 is 1.19 bits per heavy atom. The maximum Gasteiger partial charge on any atom is 0.133 e. The summed E-state index contributed by atoms with van der Waals surface area (Å²) in [7, 11) is 0. The van der Waals surface area contributed by atoms with Crippen LogP contribution >= 0.6 is 66.1 Å². The first-order chi connectivity index (χ1) is 10.0. The maximum absolute atomic E-state index is 6.65. The molecular formula is C16H14Br2ClIO. The molecule has 2 rings (SSSR count). The molecule has 112 valence electrons. The zero-order valence-electron chi connectivity index (χ0n) is 11.4. The van der Waals surface area contributed by atoms with Crippen LogP contribution in [0.15, 0.2) is 45.3 Å². The predicted molar refractivity (Wildman–Crippen MR) is 104 cm³/mol. The molecule has 0 radical (unpaired) electrons. The molecule has 0 saturated heterocycles. The Bertz CT molecular complexity index is 634. The second-order valence-corrected chi connectivity index (χ2v) is 7.94. The van der Waals surface area contributed by atoms with E-state index < -0.39 is 0 Å². The fourth-order valence-corrected chi connectivity index (χ4v) is 3.93. The number of hydrogen-bond acceptors (Lipinski definition) is 1. The summed E-state index contributed by atoms with van der Waals surface area (Å²) in [5.74, 6) is 0.855. The molecule has 1 nitrogen and oxygen atoms in total. The van der Waals surface area contributed by atoms with Gasteiger partial charge in [-0.15, -0.1) is 11.6 Å². The molecule has 5 heteroatoms. The highest BCUT2D eigenvalue weighted by Crippen LogP contribution is 2.37. The third-order valence-corrected chi connectivity index (χ3v) is 5.52. The van der Waals surface area contributed by atoms with Gasteiger partial charge < -0.3 is 4.74 Å². The van der Waals surface area contributed by atoms with Crippen molar-refractivity contribution in [2.24, 2.45) is 0 Å². The lowest BCUT2D eigenvalue weighted by Gasteiger charge is -2.15. The molecule has 0 aliphatic carbocycles. The summed E-state index contributed by atoms with van der Waals surface area (Å²) in [4.78, 5) is 0. The number of ether oxygens (including phenoxy) is 1. The third kappa shape index (κ3) is 4.60. The van der Waals surface area contributed by atoms with Gasteiger partial charge in [0.2, 0.25) is 0 Å². The number of rotatable bonds is 5. The van der Waals surface area contributed by atoms with Crippen LogP contribution in [-0.4, -0.2) is 6.61 Å². The van der Waals surface area contributed by atoms with Crippen molar-refractivity contribution >= 4 is 66.1 Å². The van der Waals surface area contributed by atoms with Gasteiger partial charge in [0, 0.05) is 8.04 Å². The van der Waals surface area contributed by atoms with Crippen molar-refractivity contribution in [1.82, 2.24) is 0 Å². The highest BCUT2D eigenvalue weighted by molar-refractivity contribution is 14.1. The van der Waals surface area contributed by atoms with Gasteiger partial charge in [0.1, 0.15) is 5.75 Å². The number of alkyl halides is 1. The maximum atomic E-state index is 6.65. The molecule has 0 aliphatic heterocycles. The molecule has 21 heavy (non-hydrogen) atoms. The summed E-state index contributed by atoms with van der Waals surface area (Å²) in [6, 6.07) is 12.2. The summed E-state index contributed by atoms with van der Waals surface area (Å²) in [6.45, 7) is 2.80. The van der Waals surface area contributed by atoms with Crippen molar-refractivity contribution in [1.29, 1.82) is 0 Å². The van der Waals surface area contributed by atoms with Gasteiger partial charge in [-0.3, -0.25) is 0 Å². The number of hydrogen-bond donors (Lipinski definition) is 0. The van der Waals surface area contributed by atoms with E-state index in [2.05, 4.69) is 73.5 Å². The largest absolute Gasteiger partial charge is 0.492 e. The molecular weight excluding hydrogens is 530 g/mol. The molecule has 2 aromatic carbocycles. The van der Waals surface area contributed by atoms with Gasteiger partial charge >= 0.3 is 0 Å². The zero-order valence-corrected chi connectivity index (χ0v) is 17.5. The minimum atomic E-state index is -0.189. The van der Waals surface area contributed by atoms with Crippen molar-refractivity contribution in [3.8, 4) is 5.75 Å². The predicted octanol–water partition coefficient (Wildman–Crippen LogP) is 6.93. The van der Waals surface area contributed by atoms with E-state index in [1.165, 1.54) is 0 Å². The van der Waals surface area contributed by atoms with Crippen molar-refractivity contribution in [3.05, 3.63) is 60.0 Å². The van der Waals surface area contributed by atoms with E-state index in [9.17, 15) is 0 Å². The first-order valence-electron chi connectivity index (χ1n) is 6.54. The van der Waals surface area contributed by atoms with Crippen molar-refractivity contribution in [2.75, 3.05) is 6.61 Å². The van der Waals surface area contributed by atoms with Crippen molar-refractivity contribution in [2.45, 2.75) is 18.7 Å². The Kier molecular flexibility index (Phi) is 6.84. The number of halogens is 4. The molecule has 0 spiro atoms. The highest BCUT2D eigenvalue weighted by atomic mass is 127. The SMILES string of the molecule is CCCOc1ccc(C(Cl)c2cc(Br)ccc2I)cc1Br. The molecule has 0 aliphatic rings. The second-order valence-electron chi connectivity index (χ2n) is 4.57. The van der Waals surface area contributed by atoms with Crippen LogP contribution in [0.5, 0.6) is 5.75 Å². The van der Waals surface area contributed by atoms with E-state index in [-0.39, 0.29) is 5.38 Å². The Morgan fingerprint density at radius 3 is 2.62 bits per heavy atom. The van der Waals surface area contributed by atoms with Crippen LogP contribution in [-0.2, 0) is 0 Å². The molecule has 0 amide bonds. The summed E-state index contributed by atoms with van der Waals surface area (Å²) >= 11 is 16.0. The number of benzene rings is 2. The quantitative estimate of drug-likeness (QED) is 0.293. The minimum absolute atomic E-state index is 0.189. The van der Waals surface area contributed by atoms with Gasteiger partial charge in [0.05, 0.1) is 16.5 Å². The molecule has 1 atom stereocenters. The van der Waals surface area contributed by atoms with E-state index in [4.69, 9.17) is 16.3 Å². The van der Waals surface area contributed by atoms with Gasteiger partial charge in [-0.2, -0.15) is 0 Å². The summed E-state index contributed by atoms with van der Waals surface area (Å²) < 4.78 is 8.79.